The maximum absolute atomic E-state index is 12.5. The smallest absolute Gasteiger partial charge is 0.322 e. The van der Waals surface area contributed by atoms with Gasteiger partial charge in [-0.15, -0.1) is 0 Å². The summed E-state index contributed by atoms with van der Waals surface area (Å²) in [6.07, 6.45) is 2.09. The van der Waals surface area contributed by atoms with Crippen LogP contribution in [0.15, 0.2) is 12.1 Å². The lowest BCUT2D eigenvalue weighted by atomic mass is 10.2. The van der Waals surface area contributed by atoms with Gasteiger partial charge in [0.05, 0.1) is 22.8 Å². The van der Waals surface area contributed by atoms with Crippen molar-refractivity contribution in [3.63, 3.8) is 0 Å². The fraction of sp³-hybridized carbons (Fsp3) is 0.500. The third-order valence-electron chi connectivity index (χ3n) is 4.10. The van der Waals surface area contributed by atoms with Crippen LogP contribution in [0.3, 0.4) is 0 Å². The first-order chi connectivity index (χ1) is 10.1. The van der Waals surface area contributed by atoms with Gasteiger partial charge in [0.2, 0.25) is 0 Å². The quantitative estimate of drug-likeness (QED) is 0.877. The Kier molecular flexibility index (Phi) is 4.15. The summed E-state index contributed by atoms with van der Waals surface area (Å²) in [6.45, 7) is 1.70. The number of rotatable bonds is 2. The molecular weight excluding hydrogens is 313 g/mol. The van der Waals surface area contributed by atoms with E-state index in [4.69, 9.17) is 27.9 Å². The van der Waals surface area contributed by atoms with Crippen LogP contribution in [0, 0.1) is 0 Å². The molecule has 7 heteroatoms. The monoisotopic (exact) mass is 329 g/mol. The van der Waals surface area contributed by atoms with Gasteiger partial charge in [0.1, 0.15) is 5.75 Å². The highest BCUT2D eigenvalue weighted by atomic mass is 35.5. The minimum absolute atomic E-state index is 0.118. The fourth-order valence-corrected chi connectivity index (χ4v) is 3.51. The molecule has 2 atom stereocenters. The van der Waals surface area contributed by atoms with Gasteiger partial charge in [-0.2, -0.15) is 0 Å². The molecule has 2 aliphatic heterocycles. The van der Waals surface area contributed by atoms with Crippen LogP contribution >= 0.6 is 23.2 Å². The predicted molar refractivity (Wildman–Crippen MR) is 83.6 cm³/mol. The summed E-state index contributed by atoms with van der Waals surface area (Å²) < 4.78 is 5.10. The van der Waals surface area contributed by atoms with E-state index >= 15 is 0 Å². The molecule has 114 valence electrons. The second-order valence-corrected chi connectivity index (χ2v) is 6.16. The third-order valence-corrected chi connectivity index (χ3v) is 4.71. The molecule has 1 aromatic rings. The van der Waals surface area contributed by atoms with Gasteiger partial charge >= 0.3 is 6.03 Å². The number of fused-ring (bicyclic) bond motifs is 2. The van der Waals surface area contributed by atoms with Crippen LogP contribution < -0.4 is 15.4 Å². The van der Waals surface area contributed by atoms with Gasteiger partial charge in [0.25, 0.3) is 0 Å². The van der Waals surface area contributed by atoms with Crippen molar-refractivity contribution in [2.75, 3.05) is 25.5 Å². The van der Waals surface area contributed by atoms with E-state index < -0.39 is 0 Å². The molecule has 21 heavy (non-hydrogen) atoms. The van der Waals surface area contributed by atoms with Crippen LogP contribution in [0.25, 0.3) is 0 Å². The number of anilines is 1. The van der Waals surface area contributed by atoms with Crippen LogP contribution in [-0.2, 0) is 0 Å². The van der Waals surface area contributed by atoms with Gasteiger partial charge in [-0.25, -0.2) is 4.79 Å². The molecule has 2 unspecified atom stereocenters. The van der Waals surface area contributed by atoms with E-state index in [9.17, 15) is 4.79 Å². The summed E-state index contributed by atoms with van der Waals surface area (Å²) in [5.74, 6) is 0.488. The normalized spacial score (nSPS) is 24.0. The Balaban J connectivity index is 1.77. The van der Waals surface area contributed by atoms with Crippen LogP contribution in [0.2, 0.25) is 10.0 Å². The van der Waals surface area contributed by atoms with Crippen molar-refractivity contribution < 1.29 is 9.53 Å². The average Bonchev–Trinajstić information content (AvgIpc) is 2.72. The highest BCUT2D eigenvalue weighted by Gasteiger charge is 2.39. The Morgan fingerprint density at radius 1 is 1.29 bits per heavy atom. The number of halogens is 2. The predicted octanol–water partition coefficient (Wildman–Crippen LogP) is 2.97. The molecule has 2 bridgehead atoms. The Morgan fingerprint density at radius 2 is 1.95 bits per heavy atom. The van der Waals surface area contributed by atoms with Crippen LogP contribution in [-0.4, -0.2) is 43.2 Å². The van der Waals surface area contributed by atoms with E-state index in [2.05, 4.69) is 10.6 Å². The van der Waals surface area contributed by atoms with E-state index in [0.29, 0.717) is 21.5 Å². The number of benzene rings is 1. The number of nitrogens with one attached hydrogen (secondary N) is 2. The lowest BCUT2D eigenvalue weighted by Gasteiger charge is -2.35. The Bertz CT molecular complexity index is 551. The van der Waals surface area contributed by atoms with Crippen LogP contribution in [0.5, 0.6) is 5.75 Å². The summed E-state index contributed by atoms with van der Waals surface area (Å²) >= 11 is 12.2. The van der Waals surface area contributed by atoms with E-state index in [1.807, 2.05) is 4.90 Å². The first-order valence-corrected chi connectivity index (χ1v) is 7.69. The fourth-order valence-electron chi connectivity index (χ4n) is 3.07. The number of carbonyl (C=O) groups excluding carboxylic acids is 1. The van der Waals surface area contributed by atoms with Gasteiger partial charge < -0.3 is 20.3 Å². The molecule has 5 nitrogen and oxygen atoms in total. The largest absolute Gasteiger partial charge is 0.495 e. The Labute approximate surface area is 133 Å². The van der Waals surface area contributed by atoms with E-state index in [0.717, 1.165) is 25.9 Å². The number of ether oxygens (including phenoxy) is 1. The molecule has 0 saturated carbocycles. The van der Waals surface area contributed by atoms with Gasteiger partial charge in [-0.1, -0.05) is 23.2 Å². The minimum atomic E-state index is -0.118. The molecule has 0 aromatic heterocycles. The van der Waals surface area contributed by atoms with Crippen molar-refractivity contribution >= 4 is 34.9 Å². The lowest BCUT2D eigenvalue weighted by Crippen LogP contribution is -2.55. The highest BCUT2D eigenvalue weighted by Crippen LogP contribution is 2.35. The number of carbonyl (C=O) groups is 1. The molecule has 1 aromatic carbocycles. The van der Waals surface area contributed by atoms with Gasteiger partial charge in [-0.05, 0) is 18.9 Å². The van der Waals surface area contributed by atoms with Crippen molar-refractivity contribution in [2.45, 2.75) is 24.9 Å². The van der Waals surface area contributed by atoms with Crippen molar-refractivity contribution in [3.8, 4) is 5.75 Å². The SMILES string of the molecule is COc1cc(Cl)c(NC(=O)N2C3CCC2CNC3)cc1Cl. The van der Waals surface area contributed by atoms with E-state index in [-0.39, 0.29) is 18.1 Å². The number of urea groups is 1. The Hall–Kier alpha value is -1.17. The van der Waals surface area contributed by atoms with Crippen LogP contribution in [0.1, 0.15) is 12.8 Å². The zero-order chi connectivity index (χ0) is 15.0. The summed E-state index contributed by atoms with van der Waals surface area (Å²) in [6, 6.07) is 3.62. The zero-order valence-electron chi connectivity index (χ0n) is 11.7. The third kappa shape index (κ3) is 2.78. The molecule has 2 amide bonds. The van der Waals surface area contributed by atoms with Crippen LogP contribution in [0.4, 0.5) is 10.5 Å². The van der Waals surface area contributed by atoms with Gasteiger partial charge in [0, 0.05) is 31.2 Å². The average molecular weight is 330 g/mol. The molecule has 2 fully saturated rings. The summed E-state index contributed by atoms with van der Waals surface area (Å²) in [4.78, 5) is 14.4. The highest BCUT2D eigenvalue weighted by molar-refractivity contribution is 6.36. The summed E-state index contributed by atoms with van der Waals surface area (Å²) in [5, 5.41) is 7.03. The standard InChI is InChI=1S/C14H17Cl2N3O2/c1-21-13-5-10(15)12(4-11(13)16)18-14(20)19-8-2-3-9(19)7-17-6-8/h4-5,8-9,17H,2-3,6-7H2,1H3,(H,18,20). The Morgan fingerprint density at radius 3 is 2.57 bits per heavy atom. The van der Waals surface area contributed by atoms with Crippen molar-refractivity contribution in [1.29, 1.82) is 0 Å². The number of nitrogens with zero attached hydrogens (tertiary/aromatic N) is 1. The van der Waals surface area contributed by atoms with Crippen molar-refractivity contribution in [2.24, 2.45) is 0 Å². The maximum atomic E-state index is 12.5. The molecule has 2 aliphatic rings. The lowest BCUT2D eigenvalue weighted by molar-refractivity contribution is 0.167. The van der Waals surface area contributed by atoms with Gasteiger partial charge in [0.15, 0.2) is 0 Å². The molecule has 2 N–H and O–H groups in total. The van der Waals surface area contributed by atoms with E-state index in [1.54, 1.807) is 12.1 Å². The number of hydrogen-bond acceptors (Lipinski definition) is 3. The number of piperazine rings is 1. The number of hydrogen-bond donors (Lipinski definition) is 2. The van der Waals surface area contributed by atoms with Gasteiger partial charge in [-0.3, -0.25) is 0 Å². The molecule has 0 aliphatic carbocycles. The number of amides is 2. The minimum Gasteiger partial charge on any atom is -0.495 e. The second-order valence-electron chi connectivity index (χ2n) is 5.35. The van der Waals surface area contributed by atoms with Crippen molar-refractivity contribution in [1.82, 2.24) is 10.2 Å². The molecule has 0 radical (unpaired) electrons. The van der Waals surface area contributed by atoms with Crippen molar-refractivity contribution in [3.05, 3.63) is 22.2 Å². The second kappa shape index (κ2) is 5.91. The zero-order valence-corrected chi connectivity index (χ0v) is 13.2. The number of methoxy groups -OCH3 is 1. The first kappa shape index (κ1) is 14.8. The maximum Gasteiger partial charge on any atom is 0.322 e. The summed E-state index contributed by atoms with van der Waals surface area (Å²) in [7, 11) is 1.52. The first-order valence-electron chi connectivity index (χ1n) is 6.93. The molecular formula is C14H17Cl2N3O2. The molecule has 3 rings (SSSR count). The topological polar surface area (TPSA) is 53.6 Å². The molecule has 2 heterocycles. The van der Waals surface area contributed by atoms with E-state index in [1.165, 1.54) is 7.11 Å². The summed E-state index contributed by atoms with van der Waals surface area (Å²) in [5.41, 5.74) is 0.505. The molecule has 0 spiro atoms. The molecule has 2 saturated heterocycles.